The largest absolute Gasteiger partial charge is 0.441 e. The molecule has 0 aliphatic heterocycles. The number of halogens is 1. The van der Waals surface area contributed by atoms with Crippen LogP contribution in [0.2, 0.25) is 0 Å². The first-order valence-electron chi connectivity index (χ1n) is 15.3. The summed E-state index contributed by atoms with van der Waals surface area (Å²) in [6.07, 6.45) is 21.7. The van der Waals surface area contributed by atoms with Crippen LogP contribution in [0, 0.1) is 16.4 Å². The van der Waals surface area contributed by atoms with Gasteiger partial charge in [0.2, 0.25) is 0 Å². The maximum Gasteiger partial charge on any atom is 0.198 e. The summed E-state index contributed by atoms with van der Waals surface area (Å²) in [6, 6.07) is 10.6. The third-order valence-corrected chi connectivity index (χ3v) is 9.06. The van der Waals surface area contributed by atoms with Crippen LogP contribution in [0.5, 0.6) is 0 Å². The molecule has 1 saturated carbocycles. The second-order valence-electron chi connectivity index (χ2n) is 11.5. The molecule has 1 aliphatic rings. The zero-order valence-electron chi connectivity index (χ0n) is 23.3. The van der Waals surface area contributed by atoms with E-state index < -0.39 is 0 Å². The van der Waals surface area contributed by atoms with Crippen molar-refractivity contribution in [2.45, 2.75) is 129 Å². The highest BCUT2D eigenvalue weighted by Gasteiger charge is 2.23. The van der Waals surface area contributed by atoms with Crippen molar-refractivity contribution in [3.8, 4) is 0 Å². The molecule has 0 saturated heterocycles. The van der Waals surface area contributed by atoms with Crippen LogP contribution >= 0.6 is 12.2 Å². The van der Waals surface area contributed by atoms with E-state index in [0.717, 1.165) is 46.9 Å². The average Bonchev–Trinajstić information content (AvgIpc) is 2.92. The van der Waals surface area contributed by atoms with Crippen LogP contribution in [0.4, 0.5) is 4.39 Å². The summed E-state index contributed by atoms with van der Waals surface area (Å²) in [5.41, 5.74) is 2.44. The lowest BCUT2D eigenvalue weighted by molar-refractivity contribution is 0.302. The lowest BCUT2D eigenvalue weighted by Gasteiger charge is -2.29. The Morgan fingerprint density at radius 2 is 1.41 bits per heavy atom. The van der Waals surface area contributed by atoms with E-state index in [1.165, 1.54) is 95.5 Å². The van der Waals surface area contributed by atoms with E-state index in [9.17, 15) is 0 Å². The first-order valence-corrected chi connectivity index (χ1v) is 15.7. The van der Waals surface area contributed by atoms with Gasteiger partial charge in [0.05, 0.1) is 0 Å². The molecule has 1 heterocycles. The Morgan fingerprint density at radius 1 is 0.757 bits per heavy atom. The summed E-state index contributed by atoms with van der Waals surface area (Å²) in [6.45, 7) is 4.48. The van der Waals surface area contributed by atoms with Crippen molar-refractivity contribution >= 4 is 34.0 Å². The molecule has 0 bridgehead atoms. The molecule has 0 N–H and O–H groups in total. The van der Waals surface area contributed by atoms with Crippen molar-refractivity contribution in [1.82, 2.24) is 0 Å². The molecule has 0 unspecified atom stereocenters. The molecule has 0 radical (unpaired) electrons. The summed E-state index contributed by atoms with van der Waals surface area (Å²) in [5, 5.41) is 2.81. The van der Waals surface area contributed by atoms with E-state index in [0.29, 0.717) is 16.2 Å². The molecule has 1 fully saturated rings. The predicted octanol–water partition coefficient (Wildman–Crippen LogP) is 12.0. The summed E-state index contributed by atoms with van der Waals surface area (Å²) in [7, 11) is 0. The van der Waals surface area contributed by atoms with E-state index in [-0.39, 0.29) is 5.82 Å². The minimum Gasteiger partial charge on any atom is -0.441 e. The van der Waals surface area contributed by atoms with Crippen molar-refractivity contribution in [2.24, 2.45) is 5.92 Å². The number of aryl methyl sites for hydroxylation is 1. The van der Waals surface area contributed by atoms with Gasteiger partial charge in [0.15, 0.2) is 16.1 Å². The van der Waals surface area contributed by atoms with E-state index >= 15 is 4.39 Å². The summed E-state index contributed by atoms with van der Waals surface area (Å²) in [4.78, 5) is 0. The Bertz CT molecular complexity index is 1190. The van der Waals surface area contributed by atoms with Gasteiger partial charge < -0.3 is 4.42 Å². The van der Waals surface area contributed by atoms with Crippen molar-refractivity contribution < 1.29 is 8.81 Å². The SMILES string of the molecule is CCCCCCCCCC1CCC(c2ccc3c(c2)c(=S)oc2c(F)c(CCCCCC)ccc23)CC1. The molecule has 4 rings (SSSR count). The summed E-state index contributed by atoms with van der Waals surface area (Å²) < 4.78 is 21.7. The molecule has 3 aromatic rings. The molecular weight excluding hydrogens is 475 g/mol. The van der Waals surface area contributed by atoms with Crippen LogP contribution in [0.3, 0.4) is 0 Å². The van der Waals surface area contributed by atoms with Crippen molar-refractivity contribution in [3.05, 3.63) is 52.0 Å². The van der Waals surface area contributed by atoms with Gasteiger partial charge in [-0.1, -0.05) is 109 Å². The van der Waals surface area contributed by atoms with Crippen LogP contribution in [-0.4, -0.2) is 0 Å². The van der Waals surface area contributed by atoms with E-state index in [1.54, 1.807) is 0 Å². The van der Waals surface area contributed by atoms with Gasteiger partial charge in [0.1, 0.15) is 0 Å². The molecular formula is C34H47FOS. The standard InChI is InChI=1S/C34H47FOS/c1-3-5-7-9-10-11-12-14-25-16-18-26(19-17-25)28-21-22-29-30-23-20-27(15-13-8-6-4-2)32(35)33(30)36-34(37)31(29)24-28/h20-26H,3-19H2,1-2H3. The molecule has 37 heavy (non-hydrogen) atoms. The van der Waals surface area contributed by atoms with Gasteiger partial charge in [0.25, 0.3) is 0 Å². The number of unbranched alkanes of at least 4 members (excludes halogenated alkanes) is 9. The summed E-state index contributed by atoms with van der Waals surface area (Å²) in [5.74, 6) is 1.27. The van der Waals surface area contributed by atoms with Crippen LogP contribution < -0.4 is 0 Å². The maximum absolute atomic E-state index is 15.3. The predicted molar refractivity (Wildman–Crippen MR) is 160 cm³/mol. The second-order valence-corrected chi connectivity index (χ2v) is 11.9. The van der Waals surface area contributed by atoms with Crippen molar-refractivity contribution in [1.29, 1.82) is 0 Å². The third-order valence-electron chi connectivity index (χ3n) is 8.76. The first kappa shape index (κ1) is 28.3. The van der Waals surface area contributed by atoms with Crippen molar-refractivity contribution in [3.63, 3.8) is 0 Å². The zero-order chi connectivity index (χ0) is 26.0. The topological polar surface area (TPSA) is 13.1 Å². The molecule has 1 aliphatic carbocycles. The second kappa shape index (κ2) is 14.4. The Morgan fingerprint density at radius 3 is 2.14 bits per heavy atom. The molecule has 1 aromatic heterocycles. The highest BCUT2D eigenvalue weighted by Crippen LogP contribution is 2.40. The van der Waals surface area contributed by atoms with E-state index in [1.807, 2.05) is 12.1 Å². The van der Waals surface area contributed by atoms with Crippen LogP contribution in [-0.2, 0) is 6.42 Å². The van der Waals surface area contributed by atoms with Crippen LogP contribution in [0.25, 0.3) is 21.7 Å². The molecule has 202 valence electrons. The smallest absolute Gasteiger partial charge is 0.198 e. The molecule has 0 spiro atoms. The highest BCUT2D eigenvalue weighted by molar-refractivity contribution is 7.71. The Balaban J connectivity index is 1.38. The van der Waals surface area contributed by atoms with Crippen molar-refractivity contribution in [2.75, 3.05) is 0 Å². The Hall–Kier alpha value is -1.74. The van der Waals surface area contributed by atoms with Gasteiger partial charge in [-0.05, 0) is 85.2 Å². The lowest BCUT2D eigenvalue weighted by atomic mass is 9.76. The van der Waals surface area contributed by atoms with Crippen LogP contribution in [0.1, 0.15) is 134 Å². The molecule has 0 amide bonds. The third kappa shape index (κ3) is 7.43. The van der Waals surface area contributed by atoms with Gasteiger partial charge in [0, 0.05) is 10.8 Å². The van der Waals surface area contributed by atoms with Crippen LogP contribution in [0.15, 0.2) is 34.7 Å². The molecule has 2 aromatic carbocycles. The number of benzene rings is 2. The van der Waals surface area contributed by atoms with Gasteiger partial charge in [-0.25, -0.2) is 4.39 Å². The maximum atomic E-state index is 15.3. The minimum absolute atomic E-state index is 0.231. The molecule has 0 atom stereocenters. The number of rotatable bonds is 14. The van der Waals surface area contributed by atoms with E-state index in [4.69, 9.17) is 16.6 Å². The first-order chi connectivity index (χ1) is 18.1. The molecule has 3 heteroatoms. The minimum atomic E-state index is -0.231. The van der Waals surface area contributed by atoms with E-state index in [2.05, 4.69) is 32.0 Å². The highest BCUT2D eigenvalue weighted by atomic mass is 32.1. The molecule has 1 nitrogen and oxygen atoms in total. The number of hydrogen-bond acceptors (Lipinski definition) is 2. The van der Waals surface area contributed by atoms with Gasteiger partial charge in [-0.3, -0.25) is 0 Å². The fraction of sp³-hybridized carbons (Fsp3) is 0.618. The van der Waals surface area contributed by atoms with Gasteiger partial charge >= 0.3 is 0 Å². The lowest BCUT2D eigenvalue weighted by Crippen LogP contribution is -2.13. The van der Waals surface area contributed by atoms with Gasteiger partial charge in [-0.15, -0.1) is 0 Å². The van der Waals surface area contributed by atoms with Gasteiger partial charge in [-0.2, -0.15) is 0 Å². The average molecular weight is 523 g/mol. The fourth-order valence-corrected chi connectivity index (χ4v) is 6.64. The number of hydrogen-bond donors (Lipinski definition) is 0. The quantitative estimate of drug-likeness (QED) is 0.119. The monoisotopic (exact) mass is 522 g/mol. The normalized spacial score (nSPS) is 18.1. The zero-order valence-corrected chi connectivity index (χ0v) is 24.1. The fourth-order valence-electron chi connectivity index (χ4n) is 6.39. The summed E-state index contributed by atoms with van der Waals surface area (Å²) >= 11 is 5.64. The number of fused-ring (bicyclic) bond motifs is 3. The Labute approximate surface area is 229 Å². The Kier molecular flexibility index (Phi) is 11.0.